The van der Waals surface area contributed by atoms with Gasteiger partial charge in [-0.25, -0.2) is 4.98 Å². The van der Waals surface area contributed by atoms with Crippen molar-refractivity contribution >= 4 is 16.9 Å². The van der Waals surface area contributed by atoms with Crippen molar-refractivity contribution in [1.29, 1.82) is 0 Å². The van der Waals surface area contributed by atoms with Crippen LogP contribution in [0.2, 0.25) is 0 Å². The number of carbonyl (C=O) groups is 1. The van der Waals surface area contributed by atoms with Crippen LogP contribution in [-0.2, 0) is 17.8 Å². The maximum atomic E-state index is 12.1. The molecule has 3 rings (SSSR count). The molecule has 1 N–H and O–H groups in total. The standard InChI is InChI=1S/C18H20N2O3/c1-10-5-15-14(9-22-16(15)6-11(10)2)7-17(21)19-8-18-20-12(3)13(4)23-18/h5-6,9H,7-8H2,1-4H3,(H,19,21). The summed E-state index contributed by atoms with van der Waals surface area (Å²) in [5.41, 5.74) is 4.92. The summed E-state index contributed by atoms with van der Waals surface area (Å²) in [6, 6.07) is 4.07. The number of amides is 1. The average Bonchev–Trinajstić information content (AvgIpc) is 3.02. The number of carbonyl (C=O) groups excluding carboxylic acids is 1. The SMILES string of the molecule is Cc1cc2occ(CC(=O)NCc3nc(C)c(C)o3)c2cc1C. The van der Waals surface area contributed by atoms with Gasteiger partial charge < -0.3 is 14.2 Å². The van der Waals surface area contributed by atoms with Crippen LogP contribution in [0.1, 0.15) is 34.0 Å². The van der Waals surface area contributed by atoms with Gasteiger partial charge in [0.05, 0.1) is 24.9 Å². The highest BCUT2D eigenvalue weighted by Crippen LogP contribution is 2.25. The van der Waals surface area contributed by atoms with E-state index in [1.54, 1.807) is 6.26 Å². The third-order valence-electron chi connectivity index (χ3n) is 4.13. The summed E-state index contributed by atoms with van der Waals surface area (Å²) in [5.74, 6) is 1.22. The van der Waals surface area contributed by atoms with Gasteiger partial charge in [-0.3, -0.25) is 4.79 Å². The Bertz CT molecular complexity index is 854. The first-order chi connectivity index (χ1) is 10.9. The minimum atomic E-state index is -0.0839. The van der Waals surface area contributed by atoms with E-state index >= 15 is 0 Å². The molecule has 0 saturated carbocycles. The number of nitrogens with one attached hydrogen (secondary N) is 1. The van der Waals surface area contributed by atoms with Gasteiger partial charge in [-0.15, -0.1) is 0 Å². The van der Waals surface area contributed by atoms with Gasteiger partial charge in [0, 0.05) is 10.9 Å². The molecular formula is C18H20N2O3. The number of aromatic nitrogens is 1. The number of benzene rings is 1. The molecule has 5 heteroatoms. The molecule has 1 aromatic carbocycles. The molecule has 3 aromatic rings. The molecule has 0 unspecified atom stereocenters. The summed E-state index contributed by atoms with van der Waals surface area (Å²) < 4.78 is 11.0. The van der Waals surface area contributed by atoms with E-state index in [1.165, 1.54) is 11.1 Å². The summed E-state index contributed by atoms with van der Waals surface area (Å²) in [7, 11) is 0. The minimum Gasteiger partial charge on any atom is -0.464 e. The smallest absolute Gasteiger partial charge is 0.224 e. The summed E-state index contributed by atoms with van der Waals surface area (Å²) >= 11 is 0. The van der Waals surface area contributed by atoms with Crippen LogP contribution in [0.4, 0.5) is 0 Å². The van der Waals surface area contributed by atoms with Crippen molar-refractivity contribution in [3.05, 3.63) is 52.4 Å². The summed E-state index contributed by atoms with van der Waals surface area (Å²) in [4.78, 5) is 16.4. The Kier molecular flexibility index (Phi) is 3.94. The van der Waals surface area contributed by atoms with Crippen LogP contribution in [0.25, 0.3) is 11.0 Å². The van der Waals surface area contributed by atoms with E-state index in [1.807, 2.05) is 26.8 Å². The second kappa shape index (κ2) is 5.91. The molecule has 23 heavy (non-hydrogen) atoms. The van der Waals surface area contributed by atoms with Crippen LogP contribution in [0.3, 0.4) is 0 Å². The number of fused-ring (bicyclic) bond motifs is 1. The fourth-order valence-corrected chi connectivity index (χ4v) is 2.50. The van der Waals surface area contributed by atoms with Crippen molar-refractivity contribution in [3.8, 4) is 0 Å². The Morgan fingerprint density at radius 3 is 2.61 bits per heavy atom. The fraction of sp³-hybridized carbons (Fsp3) is 0.333. The van der Waals surface area contributed by atoms with Gasteiger partial charge in [0.15, 0.2) is 0 Å². The van der Waals surface area contributed by atoms with Crippen molar-refractivity contribution in [1.82, 2.24) is 10.3 Å². The van der Waals surface area contributed by atoms with E-state index in [2.05, 4.69) is 23.3 Å². The molecule has 0 aliphatic heterocycles. The van der Waals surface area contributed by atoms with Crippen LogP contribution >= 0.6 is 0 Å². The third-order valence-corrected chi connectivity index (χ3v) is 4.13. The molecule has 0 bridgehead atoms. The van der Waals surface area contributed by atoms with Crippen molar-refractivity contribution in [2.45, 2.75) is 40.7 Å². The fourth-order valence-electron chi connectivity index (χ4n) is 2.50. The number of furan rings is 1. The highest BCUT2D eigenvalue weighted by Gasteiger charge is 2.13. The summed E-state index contributed by atoms with van der Waals surface area (Å²) in [6.07, 6.45) is 1.93. The van der Waals surface area contributed by atoms with Crippen molar-refractivity contribution in [3.63, 3.8) is 0 Å². The van der Waals surface area contributed by atoms with Gasteiger partial charge in [-0.1, -0.05) is 0 Å². The molecular weight excluding hydrogens is 292 g/mol. The topological polar surface area (TPSA) is 68.3 Å². The van der Waals surface area contributed by atoms with E-state index in [4.69, 9.17) is 8.83 Å². The highest BCUT2D eigenvalue weighted by atomic mass is 16.4. The minimum absolute atomic E-state index is 0.0839. The number of hydrogen-bond donors (Lipinski definition) is 1. The van der Waals surface area contributed by atoms with Crippen molar-refractivity contribution < 1.29 is 13.6 Å². The molecule has 0 fully saturated rings. The molecule has 0 aliphatic carbocycles. The zero-order valence-electron chi connectivity index (χ0n) is 13.8. The van der Waals surface area contributed by atoms with E-state index in [9.17, 15) is 4.79 Å². The lowest BCUT2D eigenvalue weighted by Crippen LogP contribution is -2.24. The third kappa shape index (κ3) is 3.13. The van der Waals surface area contributed by atoms with E-state index in [0.717, 1.165) is 28.0 Å². The van der Waals surface area contributed by atoms with E-state index in [0.29, 0.717) is 12.4 Å². The molecule has 0 atom stereocenters. The maximum Gasteiger partial charge on any atom is 0.224 e. The molecule has 120 valence electrons. The quantitative estimate of drug-likeness (QED) is 0.800. The first kappa shape index (κ1) is 15.3. The molecule has 0 spiro atoms. The lowest BCUT2D eigenvalue weighted by Gasteiger charge is -2.03. The highest BCUT2D eigenvalue weighted by molar-refractivity contribution is 5.88. The molecule has 0 aliphatic rings. The number of aryl methyl sites for hydroxylation is 4. The van der Waals surface area contributed by atoms with Gasteiger partial charge in [0.25, 0.3) is 0 Å². The first-order valence-corrected chi connectivity index (χ1v) is 7.61. The van der Waals surface area contributed by atoms with Crippen LogP contribution in [-0.4, -0.2) is 10.9 Å². The number of nitrogens with zero attached hydrogens (tertiary/aromatic N) is 1. The number of oxazole rings is 1. The largest absolute Gasteiger partial charge is 0.464 e. The lowest BCUT2D eigenvalue weighted by molar-refractivity contribution is -0.120. The van der Waals surface area contributed by atoms with Gasteiger partial charge in [0.2, 0.25) is 11.8 Å². The number of rotatable bonds is 4. The Labute approximate surface area is 134 Å². The molecule has 0 saturated heterocycles. The van der Waals surface area contributed by atoms with Gasteiger partial charge >= 0.3 is 0 Å². The Balaban J connectivity index is 1.69. The van der Waals surface area contributed by atoms with E-state index in [-0.39, 0.29) is 12.3 Å². The van der Waals surface area contributed by atoms with Crippen LogP contribution < -0.4 is 5.32 Å². The molecule has 2 heterocycles. The Hall–Kier alpha value is -2.56. The predicted molar refractivity (Wildman–Crippen MR) is 87.2 cm³/mol. The van der Waals surface area contributed by atoms with Crippen molar-refractivity contribution in [2.75, 3.05) is 0 Å². The number of hydrogen-bond acceptors (Lipinski definition) is 4. The molecule has 1 amide bonds. The Morgan fingerprint density at radius 2 is 1.91 bits per heavy atom. The normalized spacial score (nSPS) is 11.1. The zero-order chi connectivity index (χ0) is 16.6. The average molecular weight is 312 g/mol. The van der Waals surface area contributed by atoms with E-state index < -0.39 is 0 Å². The predicted octanol–water partition coefficient (Wildman–Crippen LogP) is 3.51. The van der Waals surface area contributed by atoms with Gasteiger partial charge in [-0.2, -0.15) is 0 Å². The molecule has 5 nitrogen and oxygen atoms in total. The monoisotopic (exact) mass is 312 g/mol. The summed E-state index contributed by atoms with van der Waals surface area (Å²) in [5, 5.41) is 3.82. The second-order valence-electron chi connectivity index (χ2n) is 5.90. The second-order valence-corrected chi connectivity index (χ2v) is 5.90. The van der Waals surface area contributed by atoms with Gasteiger partial charge in [0.1, 0.15) is 11.3 Å². The zero-order valence-corrected chi connectivity index (χ0v) is 13.8. The van der Waals surface area contributed by atoms with Crippen LogP contribution in [0.5, 0.6) is 0 Å². The van der Waals surface area contributed by atoms with Crippen molar-refractivity contribution in [2.24, 2.45) is 0 Å². The van der Waals surface area contributed by atoms with Gasteiger partial charge in [-0.05, 0) is 51.0 Å². The Morgan fingerprint density at radius 1 is 1.17 bits per heavy atom. The van der Waals surface area contributed by atoms with Crippen LogP contribution in [0.15, 0.2) is 27.2 Å². The lowest BCUT2D eigenvalue weighted by atomic mass is 10.0. The first-order valence-electron chi connectivity index (χ1n) is 7.61. The summed E-state index contributed by atoms with van der Waals surface area (Å²) in [6.45, 7) is 8.13. The van der Waals surface area contributed by atoms with Crippen LogP contribution in [0, 0.1) is 27.7 Å². The molecule has 2 aromatic heterocycles. The maximum absolute atomic E-state index is 12.1. The molecule has 0 radical (unpaired) electrons.